The van der Waals surface area contributed by atoms with E-state index >= 15 is 0 Å². The summed E-state index contributed by atoms with van der Waals surface area (Å²) in [6, 6.07) is 19.1. The zero-order valence-electron chi connectivity index (χ0n) is 18.4. The molecule has 0 aliphatic heterocycles. The van der Waals surface area contributed by atoms with Gasteiger partial charge < -0.3 is 9.26 Å². The Bertz CT molecular complexity index is 1560. The number of ether oxygens (including phenoxy) is 1. The number of rotatable bonds is 6. The smallest absolute Gasteiger partial charge is 0.266 e. The van der Waals surface area contributed by atoms with Gasteiger partial charge in [0.2, 0.25) is 11.7 Å². The van der Waals surface area contributed by atoms with Gasteiger partial charge in [0, 0.05) is 5.56 Å². The van der Waals surface area contributed by atoms with Crippen LogP contribution in [-0.2, 0) is 5.75 Å². The number of fused-ring (bicyclic) bond motifs is 1. The van der Waals surface area contributed by atoms with Crippen LogP contribution in [0.2, 0.25) is 0 Å². The molecular weight excluding hydrogens is 455 g/mol. The fourth-order valence-corrected chi connectivity index (χ4v) is 4.33. The molecule has 0 bridgehead atoms. The molecule has 0 radical (unpaired) electrons. The highest BCUT2D eigenvalue weighted by Gasteiger charge is 2.16. The zero-order valence-corrected chi connectivity index (χ0v) is 19.2. The summed E-state index contributed by atoms with van der Waals surface area (Å²) in [4.78, 5) is 22.4. The third-order valence-corrected chi connectivity index (χ3v) is 6.20. The first kappa shape index (κ1) is 21.8. The van der Waals surface area contributed by atoms with Gasteiger partial charge in [0.15, 0.2) is 5.16 Å². The summed E-state index contributed by atoms with van der Waals surface area (Å²) in [7, 11) is 1.59. The molecule has 2 heterocycles. The molecule has 0 aliphatic rings. The minimum atomic E-state index is -0.395. The van der Waals surface area contributed by atoms with E-state index in [0.717, 1.165) is 5.56 Å². The number of hydrogen-bond donors (Lipinski definition) is 0. The van der Waals surface area contributed by atoms with Crippen LogP contribution in [0.25, 0.3) is 28.0 Å². The van der Waals surface area contributed by atoms with Crippen molar-refractivity contribution < 1.29 is 13.7 Å². The SMILES string of the molecule is COc1cccc(-c2noc(CSc3nc4ccccc4c(=O)n3-c3ccc(C)c(F)c3)n2)c1. The number of thioether (sulfide) groups is 1. The number of nitrogens with zero attached hydrogens (tertiary/aromatic N) is 4. The normalized spacial score (nSPS) is 11.1. The maximum atomic E-state index is 14.3. The molecule has 34 heavy (non-hydrogen) atoms. The first-order valence-corrected chi connectivity index (χ1v) is 11.4. The van der Waals surface area contributed by atoms with Gasteiger partial charge in [0.1, 0.15) is 11.6 Å². The Morgan fingerprint density at radius 2 is 1.91 bits per heavy atom. The average Bonchev–Trinajstić information content (AvgIpc) is 3.34. The van der Waals surface area contributed by atoms with E-state index in [9.17, 15) is 9.18 Å². The Balaban J connectivity index is 1.51. The zero-order chi connectivity index (χ0) is 23.7. The molecule has 9 heteroatoms. The fourth-order valence-electron chi connectivity index (χ4n) is 3.48. The average molecular weight is 475 g/mol. The first-order valence-electron chi connectivity index (χ1n) is 10.4. The van der Waals surface area contributed by atoms with Crippen molar-refractivity contribution in [1.29, 1.82) is 0 Å². The maximum absolute atomic E-state index is 14.3. The van der Waals surface area contributed by atoms with Crippen LogP contribution in [-0.4, -0.2) is 26.8 Å². The van der Waals surface area contributed by atoms with Gasteiger partial charge >= 0.3 is 0 Å². The molecule has 170 valence electrons. The van der Waals surface area contributed by atoms with Crippen LogP contribution in [0, 0.1) is 12.7 Å². The molecule has 0 N–H and O–H groups in total. The van der Waals surface area contributed by atoms with Crippen molar-refractivity contribution in [2.45, 2.75) is 17.8 Å². The van der Waals surface area contributed by atoms with E-state index < -0.39 is 5.82 Å². The van der Waals surface area contributed by atoms with Gasteiger partial charge in [-0.1, -0.05) is 47.3 Å². The Labute approximate surface area is 198 Å². The van der Waals surface area contributed by atoms with Gasteiger partial charge in [-0.05, 0) is 48.9 Å². The Morgan fingerprint density at radius 3 is 2.74 bits per heavy atom. The number of halogens is 1. The van der Waals surface area contributed by atoms with Crippen molar-refractivity contribution in [2.24, 2.45) is 0 Å². The van der Waals surface area contributed by atoms with Crippen molar-refractivity contribution in [1.82, 2.24) is 19.7 Å². The quantitative estimate of drug-likeness (QED) is 0.248. The van der Waals surface area contributed by atoms with Gasteiger partial charge in [-0.15, -0.1) is 0 Å². The molecular formula is C25H19FN4O3S. The highest BCUT2D eigenvalue weighted by Crippen LogP contribution is 2.27. The van der Waals surface area contributed by atoms with E-state index in [1.165, 1.54) is 22.4 Å². The van der Waals surface area contributed by atoms with E-state index in [1.807, 2.05) is 30.3 Å². The van der Waals surface area contributed by atoms with Crippen LogP contribution in [0.3, 0.4) is 0 Å². The van der Waals surface area contributed by atoms with Gasteiger partial charge in [0.25, 0.3) is 5.56 Å². The van der Waals surface area contributed by atoms with Crippen LogP contribution >= 0.6 is 11.8 Å². The molecule has 3 aromatic carbocycles. The summed E-state index contributed by atoms with van der Waals surface area (Å²) in [6.07, 6.45) is 0. The molecule has 0 amide bonds. The molecule has 0 atom stereocenters. The topological polar surface area (TPSA) is 83.0 Å². The standard InChI is InChI=1S/C25H19FN4O3S/c1-15-10-11-17(13-20(15)26)30-24(31)19-8-3-4-9-21(19)27-25(30)34-14-22-28-23(29-33-22)16-6-5-7-18(12-16)32-2/h3-13H,14H2,1-2H3. The van der Waals surface area contributed by atoms with Crippen LogP contribution in [0.1, 0.15) is 11.5 Å². The molecule has 7 nitrogen and oxygen atoms in total. The van der Waals surface area contributed by atoms with Crippen LogP contribution in [0.5, 0.6) is 5.75 Å². The summed E-state index contributed by atoms with van der Waals surface area (Å²) in [5.41, 5.74) is 1.93. The molecule has 0 spiro atoms. The third kappa shape index (κ3) is 4.17. The van der Waals surface area contributed by atoms with Crippen molar-refractivity contribution in [3.63, 3.8) is 0 Å². The second kappa shape index (κ2) is 9.11. The summed E-state index contributed by atoms with van der Waals surface area (Å²) in [5.74, 6) is 1.36. The molecule has 0 saturated carbocycles. The molecule has 0 aliphatic carbocycles. The third-order valence-electron chi connectivity index (χ3n) is 5.28. The van der Waals surface area contributed by atoms with Crippen molar-refractivity contribution in [2.75, 3.05) is 7.11 Å². The molecule has 2 aromatic heterocycles. The van der Waals surface area contributed by atoms with E-state index in [-0.39, 0.29) is 11.3 Å². The predicted octanol–water partition coefficient (Wildman–Crippen LogP) is 5.18. The lowest BCUT2D eigenvalue weighted by Crippen LogP contribution is -2.22. The van der Waals surface area contributed by atoms with Crippen LogP contribution in [0.4, 0.5) is 4.39 Å². The molecule has 0 unspecified atom stereocenters. The Hall–Kier alpha value is -3.98. The first-order chi connectivity index (χ1) is 16.5. The van der Waals surface area contributed by atoms with Crippen molar-refractivity contribution >= 4 is 22.7 Å². The Morgan fingerprint density at radius 1 is 1.06 bits per heavy atom. The minimum Gasteiger partial charge on any atom is -0.497 e. The van der Waals surface area contributed by atoms with Gasteiger partial charge in [0.05, 0.1) is 29.5 Å². The van der Waals surface area contributed by atoms with E-state index in [2.05, 4.69) is 15.1 Å². The number of hydrogen-bond acceptors (Lipinski definition) is 7. The van der Waals surface area contributed by atoms with Crippen LogP contribution in [0.15, 0.2) is 81.2 Å². The molecule has 5 aromatic rings. The van der Waals surface area contributed by atoms with Gasteiger partial charge in [-0.25, -0.2) is 9.37 Å². The summed E-state index contributed by atoms with van der Waals surface area (Å²) >= 11 is 1.26. The summed E-state index contributed by atoms with van der Waals surface area (Å²) in [5, 5.41) is 4.90. The summed E-state index contributed by atoms with van der Waals surface area (Å²) in [6.45, 7) is 1.67. The van der Waals surface area contributed by atoms with E-state index in [1.54, 1.807) is 44.4 Å². The highest BCUT2D eigenvalue weighted by atomic mass is 32.2. The summed E-state index contributed by atoms with van der Waals surface area (Å²) < 4.78 is 26.4. The molecule has 0 saturated heterocycles. The number of methoxy groups -OCH3 is 1. The lowest BCUT2D eigenvalue weighted by molar-refractivity contribution is 0.391. The van der Waals surface area contributed by atoms with Crippen molar-refractivity contribution in [3.8, 4) is 22.8 Å². The number of benzene rings is 3. The van der Waals surface area contributed by atoms with E-state index in [4.69, 9.17) is 9.26 Å². The highest BCUT2D eigenvalue weighted by molar-refractivity contribution is 7.98. The number of aryl methyl sites for hydroxylation is 1. The van der Waals surface area contributed by atoms with Crippen molar-refractivity contribution in [3.05, 3.63) is 94.4 Å². The van der Waals surface area contributed by atoms with Crippen LogP contribution < -0.4 is 10.3 Å². The minimum absolute atomic E-state index is 0.274. The van der Waals surface area contributed by atoms with Gasteiger partial charge in [-0.2, -0.15) is 4.98 Å². The number of para-hydroxylation sites is 1. The fraction of sp³-hybridized carbons (Fsp3) is 0.120. The largest absolute Gasteiger partial charge is 0.497 e. The molecule has 5 rings (SSSR count). The van der Waals surface area contributed by atoms with E-state index in [0.29, 0.717) is 44.8 Å². The number of aromatic nitrogens is 4. The maximum Gasteiger partial charge on any atom is 0.266 e. The Kier molecular flexibility index (Phi) is 5.85. The second-order valence-electron chi connectivity index (χ2n) is 7.52. The monoisotopic (exact) mass is 474 g/mol. The lowest BCUT2D eigenvalue weighted by atomic mass is 10.2. The van der Waals surface area contributed by atoms with Gasteiger partial charge in [-0.3, -0.25) is 9.36 Å². The lowest BCUT2D eigenvalue weighted by Gasteiger charge is -2.13. The molecule has 0 fully saturated rings. The predicted molar refractivity (Wildman–Crippen MR) is 128 cm³/mol. The second-order valence-corrected chi connectivity index (χ2v) is 8.46.